The van der Waals surface area contributed by atoms with E-state index in [1.54, 1.807) is 0 Å². The SMILES string of the molecule is CC1CCN(S(=O)(=O)c2cc(Br)cnc2N)C(C)C1. The molecule has 0 aliphatic carbocycles. The number of sulfonamides is 1. The van der Waals surface area contributed by atoms with Crippen molar-refractivity contribution in [1.29, 1.82) is 0 Å². The molecule has 2 unspecified atom stereocenters. The predicted octanol–water partition coefficient (Wildman–Crippen LogP) is 2.24. The van der Waals surface area contributed by atoms with Gasteiger partial charge >= 0.3 is 0 Å². The van der Waals surface area contributed by atoms with Crippen LogP contribution in [0.5, 0.6) is 0 Å². The van der Waals surface area contributed by atoms with Gasteiger partial charge in [-0.3, -0.25) is 0 Å². The number of piperidine rings is 1. The van der Waals surface area contributed by atoms with Gasteiger partial charge in [-0.2, -0.15) is 4.31 Å². The van der Waals surface area contributed by atoms with Crippen LogP contribution < -0.4 is 5.73 Å². The zero-order chi connectivity index (χ0) is 14.2. The summed E-state index contributed by atoms with van der Waals surface area (Å²) >= 11 is 3.24. The Bertz CT molecular complexity index is 576. The molecule has 0 spiro atoms. The van der Waals surface area contributed by atoms with Gasteiger partial charge in [-0.1, -0.05) is 6.92 Å². The largest absolute Gasteiger partial charge is 0.383 e. The van der Waals surface area contributed by atoms with Crippen molar-refractivity contribution in [3.63, 3.8) is 0 Å². The molecule has 5 nitrogen and oxygen atoms in total. The summed E-state index contributed by atoms with van der Waals surface area (Å²) in [6.07, 6.45) is 3.25. The maximum Gasteiger partial charge on any atom is 0.247 e. The van der Waals surface area contributed by atoms with E-state index >= 15 is 0 Å². The number of hydrogen-bond acceptors (Lipinski definition) is 4. The molecule has 1 fully saturated rings. The van der Waals surface area contributed by atoms with E-state index in [1.165, 1.54) is 16.6 Å². The van der Waals surface area contributed by atoms with Crippen LogP contribution in [0.4, 0.5) is 5.82 Å². The van der Waals surface area contributed by atoms with Crippen LogP contribution in [0.2, 0.25) is 0 Å². The van der Waals surface area contributed by atoms with Crippen molar-refractivity contribution in [2.24, 2.45) is 5.92 Å². The monoisotopic (exact) mass is 347 g/mol. The van der Waals surface area contributed by atoms with Crippen LogP contribution in [0.3, 0.4) is 0 Å². The number of aromatic nitrogens is 1. The van der Waals surface area contributed by atoms with Gasteiger partial charge in [-0.15, -0.1) is 0 Å². The number of nitrogens with two attached hydrogens (primary N) is 1. The summed E-state index contributed by atoms with van der Waals surface area (Å²) in [5, 5.41) is 0. The molecule has 1 aromatic heterocycles. The summed E-state index contributed by atoms with van der Waals surface area (Å²) in [6.45, 7) is 4.63. The molecule has 2 heterocycles. The summed E-state index contributed by atoms with van der Waals surface area (Å²) in [5.74, 6) is 0.605. The summed E-state index contributed by atoms with van der Waals surface area (Å²) in [7, 11) is -3.57. The first-order valence-corrected chi connectivity index (χ1v) is 8.48. The molecule has 19 heavy (non-hydrogen) atoms. The number of rotatable bonds is 2. The Morgan fingerprint density at radius 3 is 2.79 bits per heavy atom. The van der Waals surface area contributed by atoms with E-state index < -0.39 is 10.0 Å². The van der Waals surface area contributed by atoms with Gasteiger partial charge in [-0.25, -0.2) is 13.4 Å². The summed E-state index contributed by atoms with van der Waals surface area (Å²) in [6, 6.07) is 1.51. The average Bonchev–Trinajstić information content (AvgIpc) is 2.31. The lowest BCUT2D eigenvalue weighted by Crippen LogP contribution is -2.44. The minimum Gasteiger partial charge on any atom is -0.383 e. The van der Waals surface area contributed by atoms with Gasteiger partial charge in [0.2, 0.25) is 10.0 Å². The molecule has 0 radical (unpaired) electrons. The Hall–Kier alpha value is -0.660. The van der Waals surface area contributed by atoms with Crippen molar-refractivity contribution in [1.82, 2.24) is 9.29 Å². The molecule has 2 atom stereocenters. The van der Waals surface area contributed by atoms with E-state index in [2.05, 4.69) is 27.8 Å². The number of nitrogens with zero attached hydrogens (tertiary/aromatic N) is 2. The first kappa shape index (κ1) is 14.7. The Morgan fingerprint density at radius 1 is 1.47 bits per heavy atom. The number of hydrogen-bond donors (Lipinski definition) is 1. The highest BCUT2D eigenvalue weighted by molar-refractivity contribution is 9.10. The normalized spacial score (nSPS) is 25.4. The lowest BCUT2D eigenvalue weighted by atomic mass is 9.95. The fourth-order valence-corrected chi connectivity index (χ4v) is 4.74. The Kier molecular flexibility index (Phi) is 4.17. The molecule has 1 aliphatic heterocycles. The van der Waals surface area contributed by atoms with Crippen LogP contribution in [0, 0.1) is 5.92 Å². The second-order valence-electron chi connectivity index (χ2n) is 5.13. The van der Waals surface area contributed by atoms with Crippen molar-refractivity contribution < 1.29 is 8.42 Å². The summed E-state index contributed by atoms with van der Waals surface area (Å²) < 4.78 is 27.5. The van der Waals surface area contributed by atoms with Crippen molar-refractivity contribution in [2.45, 2.75) is 37.6 Å². The van der Waals surface area contributed by atoms with E-state index in [1.807, 2.05) is 6.92 Å². The second kappa shape index (κ2) is 5.38. The van der Waals surface area contributed by atoms with Crippen LogP contribution in [0.1, 0.15) is 26.7 Å². The highest BCUT2D eigenvalue weighted by Crippen LogP contribution is 2.30. The van der Waals surface area contributed by atoms with Gasteiger partial charge in [-0.05, 0) is 47.7 Å². The minimum atomic E-state index is -3.57. The first-order chi connectivity index (χ1) is 8.82. The molecule has 0 bridgehead atoms. The maximum absolute atomic E-state index is 12.7. The second-order valence-corrected chi connectivity index (χ2v) is 7.91. The van der Waals surface area contributed by atoms with Crippen molar-refractivity contribution in [2.75, 3.05) is 12.3 Å². The molecule has 7 heteroatoms. The molecule has 1 aliphatic rings. The Morgan fingerprint density at radius 2 is 2.16 bits per heavy atom. The van der Waals surface area contributed by atoms with E-state index in [-0.39, 0.29) is 16.8 Å². The highest BCUT2D eigenvalue weighted by atomic mass is 79.9. The quantitative estimate of drug-likeness (QED) is 0.889. The van der Waals surface area contributed by atoms with Crippen LogP contribution >= 0.6 is 15.9 Å². The lowest BCUT2D eigenvalue weighted by molar-refractivity contribution is 0.220. The smallest absolute Gasteiger partial charge is 0.247 e. The average molecular weight is 348 g/mol. The third-order valence-electron chi connectivity index (χ3n) is 3.51. The molecule has 0 saturated carbocycles. The summed E-state index contributed by atoms with van der Waals surface area (Å²) in [5.41, 5.74) is 5.72. The van der Waals surface area contributed by atoms with Gasteiger partial charge in [0.25, 0.3) is 0 Å². The fraction of sp³-hybridized carbons (Fsp3) is 0.583. The maximum atomic E-state index is 12.7. The molecule has 0 aromatic carbocycles. The zero-order valence-electron chi connectivity index (χ0n) is 11.0. The first-order valence-electron chi connectivity index (χ1n) is 6.25. The molecule has 106 valence electrons. The van der Waals surface area contributed by atoms with E-state index in [0.29, 0.717) is 16.9 Å². The third-order valence-corrected chi connectivity index (χ3v) is 5.99. The van der Waals surface area contributed by atoms with Gasteiger partial charge in [0.1, 0.15) is 10.7 Å². The fourth-order valence-electron chi connectivity index (χ4n) is 2.51. The summed E-state index contributed by atoms with van der Waals surface area (Å²) in [4.78, 5) is 3.99. The van der Waals surface area contributed by atoms with Crippen LogP contribution in [-0.4, -0.2) is 30.3 Å². The molecular formula is C12H18BrN3O2S. The number of nitrogen functional groups attached to an aromatic ring is 1. The van der Waals surface area contributed by atoms with E-state index in [9.17, 15) is 8.42 Å². The number of halogens is 1. The van der Waals surface area contributed by atoms with Gasteiger partial charge in [0.05, 0.1) is 0 Å². The predicted molar refractivity (Wildman–Crippen MR) is 78.1 cm³/mol. The molecule has 1 saturated heterocycles. The van der Waals surface area contributed by atoms with Gasteiger partial charge in [0.15, 0.2) is 0 Å². The van der Waals surface area contributed by atoms with E-state index in [4.69, 9.17) is 5.73 Å². The molecular weight excluding hydrogens is 330 g/mol. The van der Waals surface area contributed by atoms with Crippen molar-refractivity contribution in [3.05, 3.63) is 16.7 Å². The molecule has 0 amide bonds. The highest BCUT2D eigenvalue weighted by Gasteiger charge is 2.34. The van der Waals surface area contributed by atoms with Crippen molar-refractivity contribution in [3.8, 4) is 0 Å². The van der Waals surface area contributed by atoms with E-state index in [0.717, 1.165) is 12.8 Å². The minimum absolute atomic E-state index is 0.00729. The molecule has 2 N–H and O–H groups in total. The van der Waals surface area contributed by atoms with Crippen LogP contribution in [0.15, 0.2) is 21.6 Å². The standard InChI is InChI=1S/C12H18BrN3O2S/c1-8-3-4-16(9(2)5-8)19(17,18)11-6-10(13)7-15-12(11)14/h6-9H,3-5H2,1-2H3,(H2,14,15). The third kappa shape index (κ3) is 2.93. The van der Waals surface area contributed by atoms with Gasteiger partial charge in [0, 0.05) is 23.3 Å². The Balaban J connectivity index is 2.39. The van der Waals surface area contributed by atoms with Gasteiger partial charge < -0.3 is 5.73 Å². The number of anilines is 1. The van der Waals surface area contributed by atoms with Crippen LogP contribution in [-0.2, 0) is 10.0 Å². The lowest BCUT2D eigenvalue weighted by Gasteiger charge is -2.35. The van der Waals surface area contributed by atoms with Crippen LogP contribution in [0.25, 0.3) is 0 Å². The molecule has 2 rings (SSSR count). The topological polar surface area (TPSA) is 76.3 Å². The number of pyridine rings is 1. The van der Waals surface area contributed by atoms with Crippen molar-refractivity contribution >= 4 is 31.8 Å². The zero-order valence-corrected chi connectivity index (χ0v) is 13.4. The molecule has 1 aromatic rings. The Labute approximate surface area is 122 Å².